The lowest BCUT2D eigenvalue weighted by molar-refractivity contribution is 0.474. The first-order chi connectivity index (χ1) is 5.77. The first-order valence-electron chi connectivity index (χ1n) is 3.51. The number of para-hydroxylation sites is 1. The highest BCUT2D eigenvalue weighted by Gasteiger charge is 2.00. The van der Waals surface area contributed by atoms with E-state index in [-0.39, 0.29) is 10.9 Å². The summed E-state index contributed by atoms with van der Waals surface area (Å²) in [5.74, 6) is 0.0235. The molecule has 0 aliphatic carbocycles. The van der Waals surface area contributed by atoms with Crippen LogP contribution in [0.5, 0.6) is 5.75 Å². The van der Waals surface area contributed by atoms with Crippen molar-refractivity contribution in [2.24, 2.45) is 0 Å². The van der Waals surface area contributed by atoms with Gasteiger partial charge in [-0.3, -0.25) is 0 Å². The van der Waals surface area contributed by atoms with Crippen LogP contribution in [-0.4, -0.2) is 10.1 Å². The Labute approximate surface area is 74.4 Å². The van der Waals surface area contributed by atoms with Gasteiger partial charge in [0.1, 0.15) is 0 Å². The third-order valence-corrected chi connectivity index (χ3v) is 1.94. The molecule has 1 heterocycles. The quantitative estimate of drug-likeness (QED) is 0.631. The number of hydrogen-bond donors (Lipinski definition) is 1. The zero-order valence-electron chi connectivity index (χ0n) is 6.16. The molecule has 12 heavy (non-hydrogen) atoms. The summed E-state index contributed by atoms with van der Waals surface area (Å²) in [6, 6.07) is 9.09. The number of hydrogen-bond acceptors (Lipinski definition) is 2. The molecule has 0 atom stereocenters. The summed E-state index contributed by atoms with van der Waals surface area (Å²) in [4.78, 5) is 3.99. The Hall–Kier alpha value is -1.28. The molecule has 0 radical (unpaired) electrons. The highest BCUT2D eigenvalue weighted by molar-refractivity contribution is 6.31. The Bertz CT molecular complexity index is 387. The van der Waals surface area contributed by atoms with Crippen LogP contribution in [0.25, 0.3) is 10.9 Å². The Morgan fingerprint density at radius 2 is 2.00 bits per heavy atom. The summed E-state index contributed by atoms with van der Waals surface area (Å²) in [7, 11) is 0. The monoisotopic (exact) mass is 179 g/mol. The van der Waals surface area contributed by atoms with Gasteiger partial charge in [-0.05, 0) is 12.1 Å². The van der Waals surface area contributed by atoms with Crippen molar-refractivity contribution in [3.05, 3.63) is 35.5 Å². The van der Waals surface area contributed by atoms with Gasteiger partial charge >= 0.3 is 0 Å². The van der Waals surface area contributed by atoms with E-state index in [4.69, 9.17) is 11.6 Å². The highest BCUT2D eigenvalue weighted by Crippen LogP contribution is 2.24. The Morgan fingerprint density at radius 1 is 1.25 bits per heavy atom. The van der Waals surface area contributed by atoms with E-state index in [9.17, 15) is 5.11 Å². The lowest BCUT2D eigenvalue weighted by Gasteiger charge is -1.98. The summed E-state index contributed by atoms with van der Waals surface area (Å²) in [5, 5.41) is 10.3. The molecule has 0 unspecified atom stereocenters. The van der Waals surface area contributed by atoms with Crippen LogP contribution in [0.4, 0.5) is 0 Å². The van der Waals surface area contributed by atoms with Crippen molar-refractivity contribution in [3.8, 4) is 5.75 Å². The molecule has 60 valence electrons. The molecule has 1 aromatic carbocycles. The maximum absolute atomic E-state index is 9.22. The minimum atomic E-state index is 0.0235. The molecule has 0 fully saturated rings. The zero-order valence-corrected chi connectivity index (χ0v) is 6.92. The van der Waals surface area contributed by atoms with Crippen LogP contribution in [0, 0.1) is 0 Å². The largest absolute Gasteiger partial charge is 0.505 e. The number of aromatic nitrogens is 1. The number of benzene rings is 1. The van der Waals surface area contributed by atoms with Crippen LogP contribution in [0.15, 0.2) is 30.3 Å². The number of fused-ring (bicyclic) bond motifs is 1. The molecule has 0 amide bonds. The van der Waals surface area contributed by atoms with E-state index in [1.807, 2.05) is 24.3 Å². The molecule has 0 aliphatic heterocycles. The lowest BCUT2D eigenvalue weighted by atomic mass is 10.2. The third-order valence-electron chi connectivity index (χ3n) is 1.66. The van der Waals surface area contributed by atoms with Crippen molar-refractivity contribution >= 4 is 22.5 Å². The van der Waals surface area contributed by atoms with E-state index in [0.717, 1.165) is 10.9 Å². The fraction of sp³-hybridized carbons (Fsp3) is 0. The predicted octanol–water partition coefficient (Wildman–Crippen LogP) is 2.59. The van der Waals surface area contributed by atoms with Crippen LogP contribution in [0.3, 0.4) is 0 Å². The average Bonchev–Trinajstić information content (AvgIpc) is 2.07. The Morgan fingerprint density at radius 3 is 2.83 bits per heavy atom. The van der Waals surface area contributed by atoms with Gasteiger partial charge in [0, 0.05) is 5.39 Å². The van der Waals surface area contributed by atoms with Crippen molar-refractivity contribution in [2.45, 2.75) is 0 Å². The summed E-state index contributed by atoms with van der Waals surface area (Å²) in [6.07, 6.45) is 0. The molecule has 0 spiro atoms. The van der Waals surface area contributed by atoms with Gasteiger partial charge in [-0.1, -0.05) is 29.8 Å². The van der Waals surface area contributed by atoms with Crippen molar-refractivity contribution in [3.63, 3.8) is 0 Å². The smallest absolute Gasteiger partial charge is 0.171 e. The molecular formula is C9H6ClNO. The first kappa shape index (κ1) is 7.37. The van der Waals surface area contributed by atoms with E-state index in [2.05, 4.69) is 4.98 Å². The van der Waals surface area contributed by atoms with Gasteiger partial charge in [0.15, 0.2) is 10.9 Å². The standard InChI is InChI=1S/C9H6ClNO/c10-9-8(12)5-6-3-1-2-4-7(6)11-9/h1-5,12H. The number of pyridine rings is 1. The van der Waals surface area contributed by atoms with E-state index >= 15 is 0 Å². The third kappa shape index (κ3) is 1.10. The summed E-state index contributed by atoms with van der Waals surface area (Å²) < 4.78 is 0. The van der Waals surface area contributed by atoms with Gasteiger partial charge in [0.25, 0.3) is 0 Å². The average molecular weight is 180 g/mol. The fourth-order valence-corrected chi connectivity index (χ4v) is 1.23. The van der Waals surface area contributed by atoms with Crippen LogP contribution >= 0.6 is 11.6 Å². The summed E-state index contributed by atoms with van der Waals surface area (Å²) >= 11 is 5.63. The van der Waals surface area contributed by atoms with E-state index in [1.54, 1.807) is 6.07 Å². The number of nitrogens with zero attached hydrogens (tertiary/aromatic N) is 1. The van der Waals surface area contributed by atoms with Crippen molar-refractivity contribution < 1.29 is 5.11 Å². The number of rotatable bonds is 0. The molecule has 2 aromatic rings. The molecule has 2 nitrogen and oxygen atoms in total. The second-order valence-electron chi connectivity index (χ2n) is 2.49. The van der Waals surface area contributed by atoms with Gasteiger partial charge in [0.2, 0.25) is 0 Å². The molecule has 0 bridgehead atoms. The van der Waals surface area contributed by atoms with E-state index < -0.39 is 0 Å². The van der Waals surface area contributed by atoms with E-state index in [0.29, 0.717) is 0 Å². The SMILES string of the molecule is Oc1cc2ccccc2nc1Cl. The normalized spacial score (nSPS) is 10.4. The molecule has 1 N–H and O–H groups in total. The Balaban J connectivity index is 2.84. The minimum Gasteiger partial charge on any atom is -0.505 e. The zero-order chi connectivity index (χ0) is 8.55. The van der Waals surface area contributed by atoms with Crippen molar-refractivity contribution in [1.82, 2.24) is 4.98 Å². The molecule has 0 saturated carbocycles. The number of aromatic hydroxyl groups is 1. The van der Waals surface area contributed by atoms with Gasteiger partial charge in [-0.25, -0.2) is 4.98 Å². The van der Waals surface area contributed by atoms with E-state index in [1.165, 1.54) is 0 Å². The predicted molar refractivity (Wildman–Crippen MR) is 48.4 cm³/mol. The van der Waals surface area contributed by atoms with Crippen LogP contribution < -0.4 is 0 Å². The molecule has 1 aromatic heterocycles. The maximum Gasteiger partial charge on any atom is 0.171 e. The molecule has 2 rings (SSSR count). The van der Waals surface area contributed by atoms with Gasteiger partial charge in [-0.2, -0.15) is 0 Å². The van der Waals surface area contributed by atoms with Gasteiger partial charge < -0.3 is 5.11 Å². The Kier molecular flexibility index (Phi) is 1.62. The van der Waals surface area contributed by atoms with Crippen molar-refractivity contribution in [1.29, 1.82) is 0 Å². The highest BCUT2D eigenvalue weighted by atomic mass is 35.5. The second-order valence-corrected chi connectivity index (χ2v) is 2.85. The van der Waals surface area contributed by atoms with Crippen LogP contribution in [0.1, 0.15) is 0 Å². The van der Waals surface area contributed by atoms with Gasteiger partial charge in [-0.15, -0.1) is 0 Å². The molecular weight excluding hydrogens is 174 g/mol. The van der Waals surface area contributed by atoms with Crippen LogP contribution in [-0.2, 0) is 0 Å². The topological polar surface area (TPSA) is 33.1 Å². The number of halogens is 1. The summed E-state index contributed by atoms with van der Waals surface area (Å²) in [5.41, 5.74) is 0.792. The molecule has 3 heteroatoms. The van der Waals surface area contributed by atoms with Crippen LogP contribution in [0.2, 0.25) is 5.15 Å². The summed E-state index contributed by atoms with van der Waals surface area (Å²) in [6.45, 7) is 0. The first-order valence-corrected chi connectivity index (χ1v) is 3.89. The maximum atomic E-state index is 9.22. The second kappa shape index (κ2) is 2.64. The minimum absolute atomic E-state index is 0.0235. The lowest BCUT2D eigenvalue weighted by Crippen LogP contribution is -1.79. The molecule has 0 saturated heterocycles. The van der Waals surface area contributed by atoms with Crippen molar-refractivity contribution in [2.75, 3.05) is 0 Å². The fourth-order valence-electron chi connectivity index (χ4n) is 1.08. The molecule has 0 aliphatic rings. The van der Waals surface area contributed by atoms with Gasteiger partial charge in [0.05, 0.1) is 5.52 Å².